The standard InChI is InChI=1S/C19H18F3N3O/c1-2-5-15(12-6-3-7-13(10-12)19(20,21)22)25-18(26)14-8-4-9-16-17(14)24-11-23-16/h3-4,6-11,15H,2,5H2,1H3,(H,23,24)(H,25,26)/t15-/m0/s1. The maximum atomic E-state index is 13.0. The highest BCUT2D eigenvalue weighted by Crippen LogP contribution is 2.31. The van der Waals surface area contributed by atoms with Gasteiger partial charge in [-0.15, -0.1) is 0 Å². The number of imidazole rings is 1. The van der Waals surface area contributed by atoms with Crippen molar-refractivity contribution in [3.8, 4) is 0 Å². The van der Waals surface area contributed by atoms with Gasteiger partial charge >= 0.3 is 6.18 Å². The van der Waals surface area contributed by atoms with Crippen LogP contribution in [0, 0.1) is 0 Å². The maximum absolute atomic E-state index is 13.0. The number of para-hydroxylation sites is 1. The van der Waals surface area contributed by atoms with Gasteiger partial charge in [-0.05, 0) is 36.2 Å². The molecular weight excluding hydrogens is 343 g/mol. The summed E-state index contributed by atoms with van der Waals surface area (Å²) in [4.78, 5) is 19.8. The molecule has 7 heteroatoms. The smallest absolute Gasteiger partial charge is 0.345 e. The molecule has 1 amide bonds. The highest BCUT2D eigenvalue weighted by molar-refractivity contribution is 6.04. The predicted molar refractivity (Wildman–Crippen MR) is 92.7 cm³/mol. The van der Waals surface area contributed by atoms with E-state index in [2.05, 4.69) is 15.3 Å². The summed E-state index contributed by atoms with van der Waals surface area (Å²) in [6, 6.07) is 9.74. The first-order chi connectivity index (χ1) is 12.4. The lowest BCUT2D eigenvalue weighted by molar-refractivity contribution is -0.137. The van der Waals surface area contributed by atoms with E-state index in [1.54, 1.807) is 24.3 Å². The highest BCUT2D eigenvalue weighted by Gasteiger charge is 2.31. The van der Waals surface area contributed by atoms with Crippen molar-refractivity contribution in [2.24, 2.45) is 0 Å². The Hall–Kier alpha value is -2.83. The number of carbonyl (C=O) groups excluding carboxylic acids is 1. The maximum Gasteiger partial charge on any atom is 0.416 e. The van der Waals surface area contributed by atoms with E-state index in [4.69, 9.17) is 0 Å². The molecule has 26 heavy (non-hydrogen) atoms. The third kappa shape index (κ3) is 3.71. The first kappa shape index (κ1) is 18.0. The minimum Gasteiger partial charge on any atom is -0.345 e. The lowest BCUT2D eigenvalue weighted by Gasteiger charge is -2.20. The first-order valence-electron chi connectivity index (χ1n) is 8.30. The number of halogens is 3. The number of carbonyl (C=O) groups is 1. The predicted octanol–water partition coefficient (Wildman–Crippen LogP) is 4.85. The molecule has 0 bridgehead atoms. The molecule has 0 spiro atoms. The van der Waals surface area contributed by atoms with Crippen LogP contribution in [0.25, 0.3) is 11.0 Å². The minimum absolute atomic E-state index is 0.351. The molecule has 0 unspecified atom stereocenters. The molecule has 0 aliphatic heterocycles. The summed E-state index contributed by atoms with van der Waals surface area (Å²) in [6.45, 7) is 1.92. The lowest BCUT2D eigenvalue weighted by Crippen LogP contribution is -2.29. The van der Waals surface area contributed by atoms with Crippen molar-refractivity contribution < 1.29 is 18.0 Å². The molecule has 0 aliphatic rings. The van der Waals surface area contributed by atoms with Gasteiger partial charge in [-0.2, -0.15) is 13.2 Å². The van der Waals surface area contributed by atoms with Crippen LogP contribution >= 0.6 is 0 Å². The van der Waals surface area contributed by atoms with Crippen LogP contribution in [0.5, 0.6) is 0 Å². The third-order valence-corrected chi connectivity index (χ3v) is 4.20. The number of aromatic amines is 1. The van der Waals surface area contributed by atoms with E-state index in [1.807, 2.05) is 6.92 Å². The second-order valence-corrected chi connectivity index (χ2v) is 6.04. The number of nitrogens with zero attached hydrogens (tertiary/aromatic N) is 1. The summed E-state index contributed by atoms with van der Waals surface area (Å²) < 4.78 is 39.0. The molecule has 4 nitrogen and oxygen atoms in total. The van der Waals surface area contributed by atoms with Crippen molar-refractivity contribution in [3.05, 3.63) is 65.5 Å². The molecule has 3 aromatic rings. The van der Waals surface area contributed by atoms with E-state index in [9.17, 15) is 18.0 Å². The lowest BCUT2D eigenvalue weighted by atomic mass is 9.99. The summed E-state index contributed by atoms with van der Waals surface area (Å²) in [7, 11) is 0. The third-order valence-electron chi connectivity index (χ3n) is 4.20. The number of nitrogens with one attached hydrogen (secondary N) is 2. The van der Waals surface area contributed by atoms with Crippen LogP contribution in [-0.4, -0.2) is 15.9 Å². The zero-order valence-corrected chi connectivity index (χ0v) is 14.1. The summed E-state index contributed by atoms with van der Waals surface area (Å²) in [5.41, 5.74) is 1.38. The molecule has 1 heterocycles. The Kier molecular flexibility index (Phi) is 4.97. The van der Waals surface area contributed by atoms with Crippen molar-refractivity contribution in [2.75, 3.05) is 0 Å². The van der Waals surface area contributed by atoms with E-state index in [-0.39, 0.29) is 5.91 Å². The summed E-state index contributed by atoms with van der Waals surface area (Å²) >= 11 is 0. The molecular formula is C19H18F3N3O. The largest absolute Gasteiger partial charge is 0.416 e. The van der Waals surface area contributed by atoms with E-state index < -0.39 is 17.8 Å². The van der Waals surface area contributed by atoms with Crippen LogP contribution in [0.2, 0.25) is 0 Å². The molecule has 3 rings (SSSR count). The molecule has 136 valence electrons. The monoisotopic (exact) mass is 361 g/mol. The van der Waals surface area contributed by atoms with Crippen molar-refractivity contribution in [1.29, 1.82) is 0 Å². The normalized spacial score (nSPS) is 12.9. The average Bonchev–Trinajstić information content (AvgIpc) is 3.09. The molecule has 2 N–H and O–H groups in total. The minimum atomic E-state index is -4.42. The number of hydrogen-bond acceptors (Lipinski definition) is 2. The summed E-state index contributed by atoms with van der Waals surface area (Å²) in [5, 5.41) is 2.86. The van der Waals surface area contributed by atoms with Crippen molar-refractivity contribution in [3.63, 3.8) is 0 Å². The second kappa shape index (κ2) is 7.19. The van der Waals surface area contributed by atoms with Gasteiger partial charge in [0.2, 0.25) is 0 Å². The Morgan fingerprint density at radius 3 is 2.73 bits per heavy atom. The van der Waals surface area contributed by atoms with Gasteiger partial charge in [-0.3, -0.25) is 4.79 Å². The highest BCUT2D eigenvalue weighted by atomic mass is 19.4. The number of amides is 1. The van der Waals surface area contributed by atoms with Crippen molar-refractivity contribution >= 4 is 16.9 Å². The Morgan fingerprint density at radius 2 is 2.00 bits per heavy atom. The fourth-order valence-corrected chi connectivity index (χ4v) is 2.93. The second-order valence-electron chi connectivity index (χ2n) is 6.04. The van der Waals surface area contributed by atoms with Gasteiger partial charge in [-0.1, -0.05) is 31.5 Å². The van der Waals surface area contributed by atoms with Crippen LogP contribution in [0.15, 0.2) is 48.8 Å². The Balaban J connectivity index is 1.89. The topological polar surface area (TPSA) is 57.8 Å². The fourth-order valence-electron chi connectivity index (χ4n) is 2.93. The molecule has 0 radical (unpaired) electrons. The fraction of sp³-hybridized carbons (Fsp3) is 0.263. The van der Waals surface area contributed by atoms with Crippen LogP contribution in [0.4, 0.5) is 13.2 Å². The zero-order chi connectivity index (χ0) is 18.7. The van der Waals surface area contributed by atoms with Gasteiger partial charge in [0.1, 0.15) is 0 Å². The SMILES string of the molecule is CCC[C@H](NC(=O)c1cccc2nc[nH]c12)c1cccc(C(F)(F)F)c1. The molecule has 1 aromatic heterocycles. The van der Waals surface area contributed by atoms with Crippen LogP contribution in [0.3, 0.4) is 0 Å². The molecule has 0 fully saturated rings. The summed E-state index contributed by atoms with van der Waals surface area (Å²) in [6.07, 6.45) is -1.67. The number of benzene rings is 2. The van der Waals surface area contributed by atoms with Crippen molar-refractivity contribution in [2.45, 2.75) is 32.0 Å². The molecule has 0 saturated carbocycles. The summed E-state index contributed by atoms with van der Waals surface area (Å²) in [5.74, 6) is -0.351. The van der Waals surface area contributed by atoms with Gasteiger partial charge in [0.05, 0.1) is 34.5 Å². The van der Waals surface area contributed by atoms with Gasteiger partial charge in [0.25, 0.3) is 5.91 Å². The quantitative estimate of drug-likeness (QED) is 0.682. The number of fused-ring (bicyclic) bond motifs is 1. The van der Waals surface area contributed by atoms with Crippen molar-refractivity contribution in [1.82, 2.24) is 15.3 Å². The Labute approximate surface area is 148 Å². The first-order valence-corrected chi connectivity index (χ1v) is 8.30. The van der Waals surface area contributed by atoms with Gasteiger partial charge < -0.3 is 10.3 Å². The van der Waals surface area contributed by atoms with E-state index in [1.165, 1.54) is 12.4 Å². The zero-order valence-electron chi connectivity index (χ0n) is 14.1. The van der Waals surface area contributed by atoms with Crippen LogP contribution < -0.4 is 5.32 Å². The Morgan fingerprint density at radius 1 is 1.23 bits per heavy atom. The number of H-pyrrole nitrogens is 1. The Bertz CT molecular complexity index is 918. The average molecular weight is 361 g/mol. The number of aromatic nitrogens is 2. The molecule has 2 aromatic carbocycles. The van der Waals surface area contributed by atoms with Gasteiger partial charge in [-0.25, -0.2) is 4.98 Å². The number of hydrogen-bond donors (Lipinski definition) is 2. The van der Waals surface area contributed by atoms with E-state index in [0.29, 0.717) is 28.6 Å². The molecule has 0 saturated heterocycles. The molecule has 0 aliphatic carbocycles. The van der Waals surface area contributed by atoms with Gasteiger partial charge in [0.15, 0.2) is 0 Å². The van der Waals surface area contributed by atoms with Crippen LogP contribution in [0.1, 0.15) is 47.3 Å². The van der Waals surface area contributed by atoms with Gasteiger partial charge in [0, 0.05) is 0 Å². The van der Waals surface area contributed by atoms with Crippen LogP contribution in [-0.2, 0) is 6.18 Å². The number of rotatable bonds is 5. The number of alkyl halides is 3. The van der Waals surface area contributed by atoms with E-state index in [0.717, 1.165) is 18.6 Å². The van der Waals surface area contributed by atoms with E-state index >= 15 is 0 Å². The molecule has 1 atom stereocenters.